The monoisotopic (exact) mass is 330 g/mol. The molecule has 0 aromatic heterocycles. The summed E-state index contributed by atoms with van der Waals surface area (Å²) in [6.07, 6.45) is 8.08. The Bertz CT molecular complexity index is 351. The van der Waals surface area contributed by atoms with Crippen LogP contribution in [0.3, 0.4) is 0 Å². The van der Waals surface area contributed by atoms with Gasteiger partial charge in [-0.2, -0.15) is 0 Å². The summed E-state index contributed by atoms with van der Waals surface area (Å²) in [5.74, 6) is 5.38. The van der Waals surface area contributed by atoms with Crippen LogP contribution in [0.2, 0.25) is 0 Å². The van der Waals surface area contributed by atoms with Gasteiger partial charge in [0, 0.05) is 10.5 Å². The van der Waals surface area contributed by atoms with Gasteiger partial charge in [-0.05, 0) is 36.6 Å². The molecule has 1 unspecified atom stereocenters. The van der Waals surface area contributed by atoms with E-state index in [1.54, 1.807) is 6.07 Å². The van der Waals surface area contributed by atoms with Gasteiger partial charge in [0.25, 0.3) is 0 Å². The Kier molecular flexibility index (Phi) is 8.26. The van der Waals surface area contributed by atoms with Gasteiger partial charge in [0.2, 0.25) is 0 Å². The molecule has 1 aromatic carbocycles. The molecule has 0 amide bonds. The van der Waals surface area contributed by atoms with Gasteiger partial charge in [0.1, 0.15) is 5.82 Å². The van der Waals surface area contributed by atoms with Crippen molar-refractivity contribution >= 4 is 15.9 Å². The van der Waals surface area contributed by atoms with Crippen molar-refractivity contribution in [3.63, 3.8) is 0 Å². The van der Waals surface area contributed by atoms with Gasteiger partial charge < -0.3 is 0 Å². The number of nitrogens with one attached hydrogen (secondary N) is 1. The van der Waals surface area contributed by atoms with E-state index in [9.17, 15) is 4.39 Å². The molecule has 0 spiro atoms. The minimum Gasteiger partial charge on any atom is -0.271 e. The molecule has 0 saturated heterocycles. The molecule has 2 nitrogen and oxygen atoms in total. The van der Waals surface area contributed by atoms with E-state index in [1.807, 2.05) is 6.07 Å². The van der Waals surface area contributed by atoms with Gasteiger partial charge in [0.05, 0.1) is 0 Å². The lowest BCUT2D eigenvalue weighted by Crippen LogP contribution is -2.36. The molecule has 0 bridgehead atoms. The van der Waals surface area contributed by atoms with Gasteiger partial charge in [-0.25, -0.2) is 4.39 Å². The van der Waals surface area contributed by atoms with Crippen LogP contribution in [0.1, 0.15) is 51.0 Å². The molecule has 1 atom stereocenters. The third-order valence-electron chi connectivity index (χ3n) is 3.30. The average Bonchev–Trinajstić information content (AvgIpc) is 2.36. The molecule has 0 heterocycles. The standard InChI is InChI=1S/C15H24BrFN2/c1-2-3-4-5-6-7-15(19-18)10-12-8-13(16)11-14(17)9-12/h8-9,11,15,19H,2-7,10,18H2,1H3. The zero-order valence-corrected chi connectivity index (χ0v) is 13.2. The number of unbranched alkanes of at least 4 members (excludes halogenated alkanes) is 4. The molecule has 108 valence electrons. The number of benzene rings is 1. The summed E-state index contributed by atoms with van der Waals surface area (Å²) in [4.78, 5) is 0. The van der Waals surface area contributed by atoms with E-state index in [0.717, 1.165) is 22.9 Å². The quantitative estimate of drug-likeness (QED) is 0.402. The molecule has 0 saturated carbocycles. The van der Waals surface area contributed by atoms with E-state index in [0.29, 0.717) is 0 Å². The van der Waals surface area contributed by atoms with Crippen LogP contribution in [0.25, 0.3) is 0 Å². The fourth-order valence-electron chi connectivity index (χ4n) is 2.25. The molecule has 0 aliphatic heterocycles. The second-order valence-electron chi connectivity index (χ2n) is 5.05. The Morgan fingerprint density at radius 3 is 2.58 bits per heavy atom. The number of nitrogens with two attached hydrogens (primary N) is 1. The Balaban J connectivity index is 2.38. The van der Waals surface area contributed by atoms with Crippen molar-refractivity contribution in [2.24, 2.45) is 5.84 Å². The zero-order valence-electron chi connectivity index (χ0n) is 11.6. The normalized spacial score (nSPS) is 12.6. The number of halogens is 2. The maximum absolute atomic E-state index is 13.3. The average molecular weight is 331 g/mol. The van der Waals surface area contributed by atoms with Crippen molar-refractivity contribution in [3.8, 4) is 0 Å². The summed E-state index contributed by atoms with van der Waals surface area (Å²) in [6, 6.07) is 5.21. The zero-order chi connectivity index (χ0) is 14.1. The number of hydrazine groups is 1. The van der Waals surface area contributed by atoms with Crippen LogP contribution in [-0.2, 0) is 6.42 Å². The molecule has 0 radical (unpaired) electrons. The lowest BCUT2D eigenvalue weighted by atomic mass is 10.0. The molecule has 3 N–H and O–H groups in total. The fourth-order valence-corrected chi connectivity index (χ4v) is 2.76. The number of hydrogen-bond donors (Lipinski definition) is 2. The van der Waals surface area contributed by atoms with Crippen LogP contribution in [0.5, 0.6) is 0 Å². The first-order chi connectivity index (χ1) is 9.15. The first-order valence-electron chi connectivity index (χ1n) is 7.06. The minimum atomic E-state index is -0.205. The molecule has 1 rings (SSSR count). The highest BCUT2D eigenvalue weighted by molar-refractivity contribution is 9.10. The lowest BCUT2D eigenvalue weighted by molar-refractivity contribution is 0.460. The molecule has 4 heteroatoms. The molecular formula is C15H24BrFN2. The largest absolute Gasteiger partial charge is 0.271 e. The van der Waals surface area contributed by atoms with Crippen LogP contribution in [-0.4, -0.2) is 6.04 Å². The van der Waals surface area contributed by atoms with E-state index < -0.39 is 0 Å². The van der Waals surface area contributed by atoms with Crippen LogP contribution in [0, 0.1) is 5.82 Å². The third-order valence-corrected chi connectivity index (χ3v) is 3.75. The van der Waals surface area contributed by atoms with Crippen molar-refractivity contribution in [1.82, 2.24) is 5.43 Å². The summed E-state index contributed by atoms with van der Waals surface area (Å²) in [5, 5.41) is 0. The summed E-state index contributed by atoms with van der Waals surface area (Å²) < 4.78 is 14.1. The highest BCUT2D eigenvalue weighted by Crippen LogP contribution is 2.17. The van der Waals surface area contributed by atoms with Crippen molar-refractivity contribution < 1.29 is 4.39 Å². The van der Waals surface area contributed by atoms with Crippen molar-refractivity contribution in [3.05, 3.63) is 34.1 Å². The van der Waals surface area contributed by atoms with Gasteiger partial charge in [-0.3, -0.25) is 11.3 Å². The van der Waals surface area contributed by atoms with E-state index >= 15 is 0 Å². The maximum Gasteiger partial charge on any atom is 0.124 e. The summed E-state index contributed by atoms with van der Waals surface area (Å²) in [5.41, 5.74) is 3.82. The number of rotatable bonds is 9. The SMILES string of the molecule is CCCCCCCC(Cc1cc(F)cc(Br)c1)NN. The predicted octanol–water partition coefficient (Wildman–Crippen LogP) is 4.32. The molecule has 1 aromatic rings. The van der Waals surface area contributed by atoms with E-state index in [2.05, 4.69) is 28.3 Å². The summed E-state index contributed by atoms with van der Waals surface area (Å²) in [7, 11) is 0. The first-order valence-corrected chi connectivity index (χ1v) is 7.86. The van der Waals surface area contributed by atoms with Crippen LogP contribution in [0.4, 0.5) is 4.39 Å². The third kappa shape index (κ3) is 7.04. The fraction of sp³-hybridized carbons (Fsp3) is 0.600. The minimum absolute atomic E-state index is 0.205. The maximum atomic E-state index is 13.3. The Hall–Kier alpha value is -0.450. The molecule has 19 heavy (non-hydrogen) atoms. The first kappa shape index (κ1) is 16.6. The molecule has 0 aliphatic carbocycles. The van der Waals surface area contributed by atoms with E-state index in [1.165, 1.54) is 38.2 Å². The van der Waals surface area contributed by atoms with Crippen LogP contribution < -0.4 is 11.3 Å². The second kappa shape index (κ2) is 9.45. The molecule has 0 fully saturated rings. The van der Waals surface area contributed by atoms with Gasteiger partial charge in [-0.15, -0.1) is 0 Å². The molecule has 0 aliphatic rings. The topological polar surface area (TPSA) is 38.0 Å². The number of hydrogen-bond acceptors (Lipinski definition) is 2. The smallest absolute Gasteiger partial charge is 0.124 e. The van der Waals surface area contributed by atoms with E-state index in [4.69, 9.17) is 5.84 Å². The van der Waals surface area contributed by atoms with Gasteiger partial charge >= 0.3 is 0 Å². The predicted molar refractivity (Wildman–Crippen MR) is 82.3 cm³/mol. The second-order valence-corrected chi connectivity index (χ2v) is 5.96. The summed E-state index contributed by atoms with van der Waals surface area (Å²) >= 11 is 3.31. The lowest BCUT2D eigenvalue weighted by Gasteiger charge is -2.16. The van der Waals surface area contributed by atoms with Crippen LogP contribution in [0.15, 0.2) is 22.7 Å². The Morgan fingerprint density at radius 1 is 1.21 bits per heavy atom. The van der Waals surface area contributed by atoms with Crippen molar-refractivity contribution in [2.45, 2.75) is 57.9 Å². The van der Waals surface area contributed by atoms with Gasteiger partial charge in [-0.1, -0.05) is 55.0 Å². The van der Waals surface area contributed by atoms with Crippen molar-refractivity contribution in [2.75, 3.05) is 0 Å². The Labute approximate surface area is 124 Å². The van der Waals surface area contributed by atoms with E-state index in [-0.39, 0.29) is 11.9 Å². The Morgan fingerprint density at radius 2 is 1.95 bits per heavy atom. The van der Waals surface area contributed by atoms with Crippen LogP contribution >= 0.6 is 15.9 Å². The highest BCUT2D eigenvalue weighted by atomic mass is 79.9. The molecular weight excluding hydrogens is 307 g/mol. The highest BCUT2D eigenvalue weighted by Gasteiger charge is 2.09. The van der Waals surface area contributed by atoms with Gasteiger partial charge in [0.15, 0.2) is 0 Å². The van der Waals surface area contributed by atoms with Crippen molar-refractivity contribution in [1.29, 1.82) is 0 Å². The summed E-state index contributed by atoms with van der Waals surface area (Å²) in [6.45, 7) is 2.21.